The second-order valence-electron chi connectivity index (χ2n) is 4.57. The van der Waals surface area contributed by atoms with Crippen molar-refractivity contribution in [3.8, 4) is 11.5 Å². The van der Waals surface area contributed by atoms with E-state index in [-0.39, 0.29) is 30.9 Å². The van der Waals surface area contributed by atoms with Crippen molar-refractivity contribution in [2.75, 3.05) is 6.54 Å². The van der Waals surface area contributed by atoms with Gasteiger partial charge in [-0.2, -0.15) is 13.2 Å². The second-order valence-corrected chi connectivity index (χ2v) is 4.57. The Morgan fingerprint density at radius 2 is 1.72 bits per heavy atom. The van der Waals surface area contributed by atoms with Gasteiger partial charge in [-0.25, -0.2) is 4.90 Å². The van der Waals surface area contributed by atoms with Crippen molar-refractivity contribution in [3.63, 3.8) is 0 Å². The Morgan fingerprint density at radius 3 is 2.28 bits per heavy atom. The van der Waals surface area contributed by atoms with Crippen LogP contribution in [0.1, 0.15) is 18.1 Å². The predicted octanol–water partition coefficient (Wildman–Crippen LogP) is 2.41. The standard InChI is InChI=1S/C12H14F3NO2/c1-7-4-9-6-11(18)10(17)5-8(9)2-3-16(7)12(13,14)15/h5-7,17-18H,2-4H2,1H3. The largest absolute Gasteiger partial charge is 0.504 e. The predicted molar refractivity (Wildman–Crippen MR) is 59.4 cm³/mol. The van der Waals surface area contributed by atoms with Gasteiger partial charge in [0.2, 0.25) is 0 Å². The lowest BCUT2D eigenvalue weighted by molar-refractivity contribution is -0.255. The monoisotopic (exact) mass is 261 g/mol. The fraction of sp³-hybridized carbons (Fsp3) is 0.500. The van der Waals surface area contributed by atoms with Crippen LogP contribution in [-0.4, -0.2) is 34.0 Å². The van der Waals surface area contributed by atoms with Crippen LogP contribution >= 0.6 is 0 Å². The van der Waals surface area contributed by atoms with Gasteiger partial charge in [-0.15, -0.1) is 0 Å². The molecule has 0 saturated heterocycles. The highest BCUT2D eigenvalue weighted by Crippen LogP contribution is 2.34. The van der Waals surface area contributed by atoms with Gasteiger partial charge in [0.15, 0.2) is 11.5 Å². The molecule has 0 amide bonds. The van der Waals surface area contributed by atoms with Crippen molar-refractivity contribution in [1.82, 2.24) is 4.90 Å². The minimum absolute atomic E-state index is 0.137. The lowest BCUT2D eigenvalue weighted by atomic mass is 10.00. The molecule has 6 heteroatoms. The smallest absolute Gasteiger partial charge is 0.460 e. The molecule has 18 heavy (non-hydrogen) atoms. The Labute approximate surface area is 102 Å². The summed E-state index contributed by atoms with van der Waals surface area (Å²) in [7, 11) is 0. The quantitative estimate of drug-likeness (QED) is 0.556. The maximum atomic E-state index is 12.8. The van der Waals surface area contributed by atoms with E-state index in [1.165, 1.54) is 19.1 Å². The highest BCUT2D eigenvalue weighted by Gasteiger charge is 2.41. The van der Waals surface area contributed by atoms with E-state index in [0.29, 0.717) is 16.0 Å². The molecule has 1 aromatic rings. The molecular weight excluding hydrogens is 247 g/mol. The van der Waals surface area contributed by atoms with Crippen molar-refractivity contribution in [3.05, 3.63) is 23.3 Å². The number of fused-ring (bicyclic) bond motifs is 1. The zero-order valence-corrected chi connectivity index (χ0v) is 9.83. The lowest BCUT2D eigenvalue weighted by Gasteiger charge is -2.28. The summed E-state index contributed by atoms with van der Waals surface area (Å²) in [6.07, 6.45) is -3.96. The molecule has 100 valence electrons. The Hall–Kier alpha value is -1.43. The number of rotatable bonds is 0. The van der Waals surface area contributed by atoms with Crippen LogP contribution in [0.15, 0.2) is 12.1 Å². The minimum atomic E-state index is -4.36. The van der Waals surface area contributed by atoms with Gasteiger partial charge < -0.3 is 10.2 Å². The average molecular weight is 261 g/mol. The highest BCUT2D eigenvalue weighted by atomic mass is 19.4. The Morgan fingerprint density at radius 1 is 1.17 bits per heavy atom. The fourth-order valence-electron chi connectivity index (χ4n) is 2.35. The molecule has 1 heterocycles. The third kappa shape index (κ3) is 2.38. The number of phenolic OH excluding ortho intramolecular Hbond substituents is 2. The number of benzene rings is 1. The summed E-state index contributed by atoms with van der Waals surface area (Å²) in [5, 5.41) is 18.8. The van der Waals surface area contributed by atoms with Gasteiger partial charge in [0.05, 0.1) is 0 Å². The van der Waals surface area contributed by atoms with Gasteiger partial charge in [-0.1, -0.05) is 0 Å². The summed E-state index contributed by atoms with van der Waals surface area (Å²) in [6.45, 7) is 1.37. The molecule has 0 radical (unpaired) electrons. The first-order valence-electron chi connectivity index (χ1n) is 5.66. The third-order valence-corrected chi connectivity index (χ3v) is 3.29. The van der Waals surface area contributed by atoms with Crippen molar-refractivity contribution in [1.29, 1.82) is 0 Å². The van der Waals surface area contributed by atoms with Crippen LogP contribution in [0.5, 0.6) is 11.5 Å². The van der Waals surface area contributed by atoms with Gasteiger partial charge in [-0.3, -0.25) is 0 Å². The summed E-state index contributed by atoms with van der Waals surface area (Å²) in [4.78, 5) is 0.487. The molecule has 1 unspecified atom stereocenters. The fourth-order valence-corrected chi connectivity index (χ4v) is 2.35. The maximum Gasteiger partial charge on any atom is 0.460 e. The topological polar surface area (TPSA) is 43.7 Å². The Bertz CT molecular complexity index is 459. The second kappa shape index (κ2) is 4.35. The molecule has 0 spiro atoms. The number of hydrogen-bond donors (Lipinski definition) is 2. The van der Waals surface area contributed by atoms with Crippen molar-refractivity contribution < 1.29 is 23.4 Å². The summed E-state index contributed by atoms with van der Waals surface area (Å²) < 4.78 is 38.3. The van der Waals surface area contributed by atoms with E-state index < -0.39 is 12.3 Å². The SMILES string of the molecule is CC1Cc2cc(O)c(O)cc2CCN1C(F)(F)F. The summed E-state index contributed by atoms with van der Waals surface area (Å²) in [5.41, 5.74) is 1.31. The molecule has 0 fully saturated rings. The van der Waals surface area contributed by atoms with Crippen LogP contribution in [0.2, 0.25) is 0 Å². The first kappa shape index (κ1) is 13.0. The normalized spacial score (nSPS) is 21.4. The number of aromatic hydroxyl groups is 2. The molecule has 0 aromatic heterocycles. The van der Waals surface area contributed by atoms with Crippen LogP contribution in [0.4, 0.5) is 13.2 Å². The molecule has 1 aliphatic heterocycles. The van der Waals surface area contributed by atoms with Crippen LogP contribution in [0.3, 0.4) is 0 Å². The molecule has 1 aromatic carbocycles. The van der Waals surface area contributed by atoms with Gasteiger partial charge in [0.1, 0.15) is 0 Å². The van der Waals surface area contributed by atoms with E-state index in [0.717, 1.165) is 0 Å². The van der Waals surface area contributed by atoms with Crippen LogP contribution < -0.4 is 0 Å². The van der Waals surface area contributed by atoms with Crippen LogP contribution in [0.25, 0.3) is 0 Å². The van der Waals surface area contributed by atoms with E-state index in [9.17, 15) is 23.4 Å². The molecule has 0 saturated carbocycles. The van der Waals surface area contributed by atoms with Gasteiger partial charge in [0, 0.05) is 12.6 Å². The van der Waals surface area contributed by atoms with Gasteiger partial charge in [0.25, 0.3) is 0 Å². The molecule has 0 aliphatic carbocycles. The summed E-state index contributed by atoms with van der Waals surface area (Å²) in [5.74, 6) is -0.580. The van der Waals surface area contributed by atoms with Gasteiger partial charge >= 0.3 is 6.30 Å². The van der Waals surface area contributed by atoms with Crippen LogP contribution in [-0.2, 0) is 12.8 Å². The van der Waals surface area contributed by atoms with Crippen LogP contribution in [0, 0.1) is 0 Å². The minimum Gasteiger partial charge on any atom is -0.504 e. The van der Waals surface area contributed by atoms with E-state index in [4.69, 9.17) is 0 Å². The van der Waals surface area contributed by atoms with Crippen molar-refractivity contribution >= 4 is 0 Å². The van der Waals surface area contributed by atoms with Gasteiger partial charge in [-0.05, 0) is 43.0 Å². The third-order valence-electron chi connectivity index (χ3n) is 3.29. The highest BCUT2D eigenvalue weighted by molar-refractivity contribution is 5.46. The molecule has 1 aliphatic rings. The number of phenols is 2. The van der Waals surface area contributed by atoms with E-state index in [1.807, 2.05) is 0 Å². The summed E-state index contributed by atoms with van der Waals surface area (Å²) in [6, 6.07) is 2.01. The molecule has 0 bridgehead atoms. The molecule has 2 N–H and O–H groups in total. The zero-order valence-electron chi connectivity index (χ0n) is 9.83. The number of hydrogen-bond acceptors (Lipinski definition) is 3. The first-order chi connectivity index (χ1) is 8.29. The average Bonchev–Trinajstić information content (AvgIpc) is 2.37. The first-order valence-corrected chi connectivity index (χ1v) is 5.66. The van der Waals surface area contributed by atoms with Crippen molar-refractivity contribution in [2.24, 2.45) is 0 Å². The van der Waals surface area contributed by atoms with E-state index in [1.54, 1.807) is 0 Å². The van der Waals surface area contributed by atoms with E-state index in [2.05, 4.69) is 0 Å². The zero-order chi connectivity index (χ0) is 13.5. The molecule has 2 rings (SSSR count). The Kier molecular flexibility index (Phi) is 3.14. The molecular formula is C12H14F3NO2. The number of halogens is 3. The Balaban J connectivity index is 2.33. The number of nitrogens with zero attached hydrogens (tertiary/aromatic N) is 1. The maximum absolute atomic E-state index is 12.8. The summed E-state index contributed by atoms with van der Waals surface area (Å²) >= 11 is 0. The lowest BCUT2D eigenvalue weighted by Crippen LogP contribution is -2.45. The molecule has 1 atom stereocenters. The number of alkyl halides is 3. The molecule has 3 nitrogen and oxygen atoms in total. The van der Waals surface area contributed by atoms with Crippen molar-refractivity contribution in [2.45, 2.75) is 32.1 Å². The van der Waals surface area contributed by atoms with E-state index >= 15 is 0 Å².